The van der Waals surface area contributed by atoms with E-state index in [2.05, 4.69) is 30.5 Å². The van der Waals surface area contributed by atoms with Crippen LogP contribution in [0.15, 0.2) is 65.0 Å². The highest BCUT2D eigenvalue weighted by molar-refractivity contribution is 7.07. The zero-order chi connectivity index (χ0) is 25.5. The van der Waals surface area contributed by atoms with Gasteiger partial charge in [-0.3, -0.25) is 14.7 Å². The summed E-state index contributed by atoms with van der Waals surface area (Å²) in [6.07, 6.45) is 0.419. The number of urea groups is 1. The lowest BCUT2D eigenvalue weighted by Crippen LogP contribution is -2.56. The van der Waals surface area contributed by atoms with E-state index in [0.29, 0.717) is 30.2 Å². The van der Waals surface area contributed by atoms with Crippen LogP contribution in [0.5, 0.6) is 0 Å². The predicted molar refractivity (Wildman–Crippen MR) is 144 cm³/mol. The first-order valence-corrected chi connectivity index (χ1v) is 13.1. The minimum Gasteiger partial charge on any atom is -0.338 e. The van der Waals surface area contributed by atoms with Gasteiger partial charge in [0.1, 0.15) is 6.04 Å². The summed E-state index contributed by atoms with van der Waals surface area (Å²) in [6.45, 7) is 3.59. The van der Waals surface area contributed by atoms with Crippen LogP contribution in [0, 0.1) is 0 Å². The SMILES string of the molecule is C/N=c1\scc(CN2CCN(C(=O)[C@@H](Cc3ccccc3)NC(=O)Nc3ccc(Cl)cc3)CC2)n1C. The first-order chi connectivity index (χ1) is 17.4. The molecule has 8 nitrogen and oxygen atoms in total. The van der Waals surface area contributed by atoms with Crippen molar-refractivity contribution >= 4 is 40.6 Å². The van der Waals surface area contributed by atoms with Crippen LogP contribution in [0.1, 0.15) is 11.3 Å². The Morgan fingerprint density at radius 3 is 2.39 bits per heavy atom. The van der Waals surface area contributed by atoms with E-state index in [0.717, 1.165) is 30.0 Å². The van der Waals surface area contributed by atoms with E-state index in [1.54, 1.807) is 42.6 Å². The third kappa shape index (κ3) is 6.75. The van der Waals surface area contributed by atoms with Gasteiger partial charge in [0.15, 0.2) is 4.80 Å². The highest BCUT2D eigenvalue weighted by Gasteiger charge is 2.29. The van der Waals surface area contributed by atoms with Gasteiger partial charge in [-0.25, -0.2) is 4.79 Å². The maximum Gasteiger partial charge on any atom is 0.319 e. The number of aromatic nitrogens is 1. The maximum absolute atomic E-state index is 13.5. The van der Waals surface area contributed by atoms with Crippen molar-refractivity contribution in [3.8, 4) is 0 Å². The van der Waals surface area contributed by atoms with Crippen molar-refractivity contribution in [2.45, 2.75) is 19.0 Å². The van der Waals surface area contributed by atoms with Gasteiger partial charge in [-0.05, 0) is 29.8 Å². The van der Waals surface area contributed by atoms with Gasteiger partial charge >= 0.3 is 6.03 Å². The summed E-state index contributed by atoms with van der Waals surface area (Å²) < 4.78 is 2.11. The second-order valence-corrected chi connectivity index (χ2v) is 10.0. The summed E-state index contributed by atoms with van der Waals surface area (Å²) >= 11 is 7.57. The van der Waals surface area contributed by atoms with E-state index >= 15 is 0 Å². The minimum atomic E-state index is -0.672. The molecule has 0 aliphatic carbocycles. The van der Waals surface area contributed by atoms with Crippen LogP contribution in [-0.2, 0) is 24.8 Å². The zero-order valence-corrected chi connectivity index (χ0v) is 22.1. The van der Waals surface area contributed by atoms with E-state index in [9.17, 15) is 9.59 Å². The molecule has 1 aliphatic heterocycles. The summed E-state index contributed by atoms with van der Waals surface area (Å²) in [5.74, 6) is -0.0714. The standard InChI is InChI=1S/C26H31ClN6O2S/c1-28-26-31(2)22(18-36-26)17-32-12-14-33(15-13-32)24(34)23(16-19-6-4-3-5-7-19)30-25(35)29-21-10-8-20(27)9-11-21/h3-11,18,23H,12-17H2,1-2H3,(H2,29,30,35)/b28-26-/t23-/m1/s1. The van der Waals surface area contributed by atoms with Gasteiger partial charge in [0, 0.05) is 75.0 Å². The normalized spacial score (nSPS) is 15.5. The fourth-order valence-electron chi connectivity index (χ4n) is 4.23. The average Bonchev–Trinajstić information content (AvgIpc) is 3.24. The van der Waals surface area contributed by atoms with Gasteiger partial charge in [-0.1, -0.05) is 41.9 Å². The first kappa shape index (κ1) is 25.9. The minimum absolute atomic E-state index is 0.0714. The van der Waals surface area contributed by atoms with Crippen LogP contribution in [-0.4, -0.2) is 65.6 Å². The van der Waals surface area contributed by atoms with Gasteiger partial charge in [0.25, 0.3) is 0 Å². The molecule has 0 spiro atoms. The van der Waals surface area contributed by atoms with Crippen molar-refractivity contribution in [3.63, 3.8) is 0 Å². The zero-order valence-electron chi connectivity index (χ0n) is 20.5. The third-order valence-electron chi connectivity index (χ3n) is 6.27. The molecule has 4 rings (SSSR count). The Labute approximate surface area is 220 Å². The quantitative estimate of drug-likeness (QED) is 0.495. The molecule has 2 heterocycles. The fourth-order valence-corrected chi connectivity index (χ4v) is 5.21. The molecule has 0 bridgehead atoms. The number of thiazole rings is 1. The molecule has 3 amide bonds. The Morgan fingerprint density at radius 1 is 1.06 bits per heavy atom. The molecule has 3 aromatic rings. The Balaban J connectivity index is 1.39. The molecule has 0 saturated carbocycles. The fraction of sp³-hybridized carbons (Fsp3) is 0.346. The monoisotopic (exact) mass is 526 g/mol. The number of hydrogen-bond donors (Lipinski definition) is 2. The van der Waals surface area contributed by atoms with Gasteiger partial charge < -0.3 is 20.1 Å². The van der Waals surface area contributed by atoms with Gasteiger partial charge in [-0.2, -0.15) is 0 Å². The summed E-state index contributed by atoms with van der Waals surface area (Å²) in [6, 6.07) is 15.5. The molecule has 0 radical (unpaired) electrons. The van der Waals surface area contributed by atoms with Crippen LogP contribution in [0.25, 0.3) is 0 Å². The number of rotatable bonds is 7. The van der Waals surface area contributed by atoms with Crippen LogP contribution in [0.3, 0.4) is 0 Å². The third-order valence-corrected chi connectivity index (χ3v) is 7.58. The molecule has 10 heteroatoms. The van der Waals surface area contributed by atoms with Crippen LogP contribution in [0.2, 0.25) is 5.02 Å². The Bertz CT molecular complexity index is 1230. The van der Waals surface area contributed by atoms with Crippen molar-refractivity contribution in [3.05, 3.63) is 81.1 Å². The number of benzene rings is 2. The molecule has 1 atom stereocenters. The number of nitrogens with one attached hydrogen (secondary N) is 2. The molecular weight excluding hydrogens is 496 g/mol. The lowest BCUT2D eigenvalue weighted by molar-refractivity contribution is -0.135. The highest BCUT2D eigenvalue weighted by atomic mass is 35.5. The molecule has 36 heavy (non-hydrogen) atoms. The highest BCUT2D eigenvalue weighted by Crippen LogP contribution is 2.15. The lowest BCUT2D eigenvalue weighted by atomic mass is 10.0. The first-order valence-electron chi connectivity index (χ1n) is 11.9. The smallest absolute Gasteiger partial charge is 0.319 e. The summed E-state index contributed by atoms with van der Waals surface area (Å²) in [5, 5.41) is 8.41. The van der Waals surface area contributed by atoms with Crippen molar-refractivity contribution in [1.82, 2.24) is 19.7 Å². The second-order valence-electron chi connectivity index (χ2n) is 8.74. The number of nitrogens with zero attached hydrogens (tertiary/aromatic N) is 4. The average molecular weight is 527 g/mol. The second kappa shape index (κ2) is 12.2. The van der Waals surface area contributed by atoms with E-state index < -0.39 is 12.1 Å². The summed E-state index contributed by atoms with van der Waals surface area (Å²) in [5.41, 5.74) is 2.81. The molecule has 1 saturated heterocycles. The topological polar surface area (TPSA) is 82.0 Å². The van der Waals surface area contributed by atoms with Gasteiger partial charge in [-0.15, -0.1) is 11.3 Å². The number of hydrogen-bond acceptors (Lipinski definition) is 5. The van der Waals surface area contributed by atoms with Crippen LogP contribution < -0.4 is 15.4 Å². The Hall–Kier alpha value is -3.14. The molecule has 1 fully saturated rings. The number of anilines is 1. The largest absolute Gasteiger partial charge is 0.338 e. The van der Waals surface area contributed by atoms with Gasteiger partial charge in [0.05, 0.1) is 0 Å². The molecule has 2 N–H and O–H groups in total. The van der Waals surface area contributed by atoms with Crippen molar-refractivity contribution in [1.29, 1.82) is 0 Å². The van der Waals surface area contributed by atoms with Crippen LogP contribution in [0.4, 0.5) is 10.5 Å². The van der Waals surface area contributed by atoms with Crippen molar-refractivity contribution < 1.29 is 9.59 Å². The number of halogens is 1. The maximum atomic E-state index is 13.5. The molecule has 190 valence electrons. The van der Waals surface area contributed by atoms with E-state index in [1.807, 2.05) is 42.3 Å². The number of carbonyl (C=O) groups is 2. The van der Waals surface area contributed by atoms with E-state index in [-0.39, 0.29) is 5.91 Å². The van der Waals surface area contributed by atoms with Crippen molar-refractivity contribution in [2.75, 3.05) is 38.5 Å². The molecule has 0 unspecified atom stereocenters. The van der Waals surface area contributed by atoms with E-state index in [1.165, 1.54) is 5.69 Å². The molecular formula is C26H31ClN6O2S. The van der Waals surface area contributed by atoms with E-state index in [4.69, 9.17) is 11.6 Å². The predicted octanol–water partition coefficient (Wildman–Crippen LogP) is 3.35. The number of carbonyl (C=O) groups excluding carboxylic acids is 2. The summed E-state index contributed by atoms with van der Waals surface area (Å²) in [4.78, 5) is 35.8. The summed E-state index contributed by atoms with van der Waals surface area (Å²) in [7, 11) is 3.83. The Morgan fingerprint density at radius 2 is 1.75 bits per heavy atom. The number of piperazine rings is 1. The molecule has 1 aliphatic rings. The molecule has 2 aromatic carbocycles. The van der Waals surface area contributed by atoms with Crippen molar-refractivity contribution in [2.24, 2.45) is 12.0 Å². The number of amides is 3. The molecule has 1 aromatic heterocycles. The van der Waals surface area contributed by atoms with Crippen LogP contribution >= 0.6 is 22.9 Å². The Kier molecular flexibility index (Phi) is 8.79. The lowest BCUT2D eigenvalue weighted by Gasteiger charge is -2.36. The van der Waals surface area contributed by atoms with Gasteiger partial charge in [0.2, 0.25) is 5.91 Å².